The predicted octanol–water partition coefficient (Wildman–Crippen LogP) is 0.363. The van der Waals surface area contributed by atoms with E-state index in [1.165, 1.54) is 19.2 Å². The quantitative estimate of drug-likeness (QED) is 0.808. The summed E-state index contributed by atoms with van der Waals surface area (Å²) < 4.78 is 4.97. The number of nitrogens with zero attached hydrogens (tertiary/aromatic N) is 1. The second kappa shape index (κ2) is 5.60. The Kier molecular flexibility index (Phi) is 3.89. The van der Waals surface area contributed by atoms with Crippen molar-refractivity contribution in [1.82, 2.24) is 10.2 Å². The Bertz CT molecular complexity index is 501. The minimum atomic E-state index is -0.281. The SMILES string of the molecule is COc1ccc(C(=O)N2CCNC(=O)CC2)c(O)c1. The van der Waals surface area contributed by atoms with Gasteiger partial charge in [0, 0.05) is 32.1 Å². The van der Waals surface area contributed by atoms with Gasteiger partial charge in [-0.05, 0) is 12.1 Å². The van der Waals surface area contributed by atoms with E-state index in [1.54, 1.807) is 11.0 Å². The van der Waals surface area contributed by atoms with Gasteiger partial charge in [-0.25, -0.2) is 0 Å². The summed E-state index contributed by atoms with van der Waals surface area (Å²) in [5.74, 6) is 0.0283. The molecule has 0 atom stereocenters. The zero-order valence-corrected chi connectivity index (χ0v) is 10.7. The van der Waals surface area contributed by atoms with Crippen LogP contribution in [0.5, 0.6) is 11.5 Å². The number of benzene rings is 1. The number of methoxy groups -OCH3 is 1. The average molecular weight is 264 g/mol. The fraction of sp³-hybridized carbons (Fsp3) is 0.385. The molecule has 1 aliphatic heterocycles. The van der Waals surface area contributed by atoms with Gasteiger partial charge in [0.05, 0.1) is 12.7 Å². The summed E-state index contributed by atoms with van der Waals surface area (Å²) in [4.78, 5) is 25.0. The van der Waals surface area contributed by atoms with Crippen LogP contribution in [0.25, 0.3) is 0 Å². The number of phenols is 1. The second-order valence-electron chi connectivity index (χ2n) is 4.28. The van der Waals surface area contributed by atoms with Gasteiger partial charge in [-0.1, -0.05) is 0 Å². The third kappa shape index (κ3) is 2.96. The average Bonchev–Trinajstić information content (AvgIpc) is 2.62. The van der Waals surface area contributed by atoms with Crippen LogP contribution in [0.1, 0.15) is 16.8 Å². The van der Waals surface area contributed by atoms with Crippen LogP contribution in [0, 0.1) is 0 Å². The molecule has 102 valence electrons. The molecule has 0 aromatic heterocycles. The van der Waals surface area contributed by atoms with Gasteiger partial charge in [0.25, 0.3) is 5.91 Å². The van der Waals surface area contributed by atoms with E-state index < -0.39 is 0 Å². The number of nitrogens with one attached hydrogen (secondary N) is 1. The number of hydrogen-bond acceptors (Lipinski definition) is 4. The van der Waals surface area contributed by atoms with Crippen LogP contribution in [0.2, 0.25) is 0 Å². The molecule has 2 N–H and O–H groups in total. The van der Waals surface area contributed by atoms with E-state index in [-0.39, 0.29) is 29.5 Å². The van der Waals surface area contributed by atoms with Crippen LogP contribution in [-0.4, -0.2) is 48.6 Å². The lowest BCUT2D eigenvalue weighted by Gasteiger charge is -2.20. The molecule has 0 saturated carbocycles. The van der Waals surface area contributed by atoms with Crippen LogP contribution in [0.15, 0.2) is 18.2 Å². The molecule has 1 aromatic rings. The van der Waals surface area contributed by atoms with Gasteiger partial charge in [0.1, 0.15) is 11.5 Å². The lowest BCUT2D eigenvalue weighted by molar-refractivity contribution is -0.120. The molecule has 0 spiro atoms. The van der Waals surface area contributed by atoms with Crippen LogP contribution < -0.4 is 10.1 Å². The van der Waals surface area contributed by atoms with Crippen molar-refractivity contribution < 1.29 is 19.4 Å². The molecular weight excluding hydrogens is 248 g/mol. The Balaban J connectivity index is 2.16. The second-order valence-corrected chi connectivity index (χ2v) is 4.28. The first-order valence-electron chi connectivity index (χ1n) is 6.05. The van der Waals surface area contributed by atoms with E-state index in [9.17, 15) is 14.7 Å². The third-order valence-electron chi connectivity index (χ3n) is 3.04. The maximum atomic E-state index is 12.3. The highest BCUT2D eigenvalue weighted by molar-refractivity contribution is 5.97. The topological polar surface area (TPSA) is 78.9 Å². The normalized spacial score (nSPS) is 15.6. The van der Waals surface area contributed by atoms with Gasteiger partial charge in [-0.3, -0.25) is 9.59 Å². The van der Waals surface area contributed by atoms with Gasteiger partial charge in [-0.2, -0.15) is 0 Å². The highest BCUT2D eigenvalue weighted by atomic mass is 16.5. The highest BCUT2D eigenvalue weighted by Gasteiger charge is 2.22. The lowest BCUT2D eigenvalue weighted by Crippen LogP contribution is -2.34. The smallest absolute Gasteiger partial charge is 0.257 e. The van der Waals surface area contributed by atoms with Gasteiger partial charge < -0.3 is 20.1 Å². The summed E-state index contributed by atoms with van der Waals surface area (Å²) in [7, 11) is 1.49. The Morgan fingerprint density at radius 3 is 2.89 bits per heavy atom. The van der Waals surface area contributed by atoms with Crippen molar-refractivity contribution in [3.8, 4) is 11.5 Å². The first-order chi connectivity index (χ1) is 9.11. The first-order valence-corrected chi connectivity index (χ1v) is 6.05. The van der Waals surface area contributed by atoms with E-state index in [0.717, 1.165) is 0 Å². The fourth-order valence-corrected chi connectivity index (χ4v) is 1.96. The van der Waals surface area contributed by atoms with Gasteiger partial charge in [0.15, 0.2) is 0 Å². The summed E-state index contributed by atoms with van der Waals surface area (Å²) in [6.45, 7) is 1.23. The minimum Gasteiger partial charge on any atom is -0.507 e. The Morgan fingerprint density at radius 2 is 2.21 bits per heavy atom. The lowest BCUT2D eigenvalue weighted by atomic mass is 10.1. The summed E-state index contributed by atoms with van der Waals surface area (Å²) in [6, 6.07) is 4.54. The molecule has 0 aliphatic carbocycles. The number of ether oxygens (including phenoxy) is 1. The van der Waals surface area contributed by atoms with Gasteiger partial charge in [0.2, 0.25) is 5.91 Å². The van der Waals surface area contributed by atoms with Crippen molar-refractivity contribution in [2.24, 2.45) is 0 Å². The highest BCUT2D eigenvalue weighted by Crippen LogP contribution is 2.24. The molecule has 1 saturated heterocycles. The zero-order chi connectivity index (χ0) is 13.8. The van der Waals surface area contributed by atoms with E-state index in [0.29, 0.717) is 25.4 Å². The molecule has 2 rings (SSSR count). The van der Waals surface area contributed by atoms with Crippen LogP contribution in [-0.2, 0) is 4.79 Å². The molecule has 1 fully saturated rings. The van der Waals surface area contributed by atoms with E-state index in [1.807, 2.05) is 0 Å². The molecule has 1 aromatic carbocycles. The summed E-state index contributed by atoms with van der Waals surface area (Å²) in [5, 5.41) is 12.5. The number of amides is 2. The van der Waals surface area contributed by atoms with E-state index >= 15 is 0 Å². The predicted molar refractivity (Wildman–Crippen MR) is 68.2 cm³/mol. The van der Waals surface area contributed by atoms with Crippen molar-refractivity contribution >= 4 is 11.8 Å². The Morgan fingerprint density at radius 1 is 1.42 bits per heavy atom. The summed E-state index contributed by atoms with van der Waals surface area (Å²) in [6.07, 6.45) is 0.280. The number of carbonyl (C=O) groups excluding carboxylic acids is 2. The largest absolute Gasteiger partial charge is 0.507 e. The molecule has 1 heterocycles. The van der Waals surface area contributed by atoms with E-state index in [4.69, 9.17) is 4.74 Å². The molecule has 6 heteroatoms. The zero-order valence-electron chi connectivity index (χ0n) is 10.7. The third-order valence-corrected chi connectivity index (χ3v) is 3.04. The monoisotopic (exact) mass is 264 g/mol. The minimum absolute atomic E-state index is 0.0609. The summed E-state index contributed by atoms with van der Waals surface area (Å²) >= 11 is 0. The molecule has 0 unspecified atom stereocenters. The van der Waals surface area contributed by atoms with E-state index in [2.05, 4.69) is 5.32 Å². The Hall–Kier alpha value is -2.24. The fourth-order valence-electron chi connectivity index (χ4n) is 1.96. The molecule has 0 bridgehead atoms. The van der Waals surface area contributed by atoms with Crippen LogP contribution in [0.3, 0.4) is 0 Å². The van der Waals surface area contributed by atoms with Gasteiger partial charge >= 0.3 is 0 Å². The van der Waals surface area contributed by atoms with Crippen LogP contribution in [0.4, 0.5) is 0 Å². The Labute approximate surface area is 111 Å². The van der Waals surface area contributed by atoms with Crippen molar-refractivity contribution in [2.45, 2.75) is 6.42 Å². The molecule has 0 radical (unpaired) electrons. The maximum absolute atomic E-state index is 12.3. The molecule has 6 nitrogen and oxygen atoms in total. The standard InChI is InChI=1S/C13H16N2O4/c1-19-9-2-3-10(11(16)8-9)13(18)15-6-4-12(17)14-5-7-15/h2-3,8,16H,4-7H2,1H3,(H,14,17). The summed E-state index contributed by atoms with van der Waals surface area (Å²) in [5.41, 5.74) is 0.218. The number of aromatic hydroxyl groups is 1. The molecule has 1 aliphatic rings. The van der Waals surface area contributed by atoms with Crippen LogP contribution >= 0.6 is 0 Å². The molecular formula is C13H16N2O4. The van der Waals surface area contributed by atoms with Crippen molar-refractivity contribution in [1.29, 1.82) is 0 Å². The number of rotatable bonds is 2. The number of hydrogen-bond donors (Lipinski definition) is 2. The first kappa shape index (κ1) is 13.2. The number of carbonyl (C=O) groups is 2. The molecule has 19 heavy (non-hydrogen) atoms. The van der Waals surface area contributed by atoms with Crippen molar-refractivity contribution in [2.75, 3.05) is 26.7 Å². The van der Waals surface area contributed by atoms with Gasteiger partial charge in [-0.15, -0.1) is 0 Å². The molecule has 2 amide bonds. The number of phenolic OH excluding ortho intramolecular Hbond substituents is 1. The van der Waals surface area contributed by atoms with Crippen molar-refractivity contribution in [3.63, 3.8) is 0 Å². The van der Waals surface area contributed by atoms with Crippen molar-refractivity contribution in [3.05, 3.63) is 23.8 Å². The maximum Gasteiger partial charge on any atom is 0.257 e.